The monoisotopic (exact) mass is 625 g/mol. The third kappa shape index (κ3) is 8.61. The van der Waals surface area contributed by atoms with Gasteiger partial charge in [0.15, 0.2) is 5.75 Å². The number of carbonyl (C=O) groups excluding carboxylic acids is 2. The maximum atomic E-state index is 13.3. The molecule has 1 atom stereocenters. The number of hydrogen-bond donors (Lipinski definition) is 1. The van der Waals surface area contributed by atoms with E-state index in [0.29, 0.717) is 22.5 Å². The molecule has 0 aliphatic heterocycles. The molecule has 11 heteroatoms. The van der Waals surface area contributed by atoms with Gasteiger partial charge in [0.25, 0.3) is 0 Å². The lowest BCUT2D eigenvalue weighted by Crippen LogP contribution is -2.35. The van der Waals surface area contributed by atoms with Gasteiger partial charge in [-0.3, -0.25) is 0 Å². The maximum absolute atomic E-state index is 13.3. The Hall–Kier alpha value is -4.35. The number of ether oxygens (including phenoxy) is 1. The number of carbonyl (C=O) groups is 2. The second-order valence-corrected chi connectivity index (χ2v) is 11.3. The normalized spacial score (nSPS) is 12.0. The second kappa shape index (κ2) is 14.4. The van der Waals surface area contributed by atoms with Crippen LogP contribution in [0.5, 0.6) is 5.75 Å². The van der Waals surface area contributed by atoms with Gasteiger partial charge in [0.1, 0.15) is 23.7 Å². The molecule has 0 fully saturated rings. The lowest BCUT2D eigenvalue weighted by molar-refractivity contribution is -0.137. The van der Waals surface area contributed by atoms with Crippen molar-refractivity contribution in [3.63, 3.8) is 0 Å². The second-order valence-electron chi connectivity index (χ2n) is 10.1. The van der Waals surface area contributed by atoms with Crippen LogP contribution in [0.4, 0.5) is 18.0 Å². The molecule has 0 unspecified atom stereocenters. The fraction of sp³-hybridized carbons (Fsp3) is 0.242. The van der Waals surface area contributed by atoms with Crippen LogP contribution in [0.3, 0.4) is 0 Å². The Morgan fingerprint density at radius 1 is 0.977 bits per heavy atom. The van der Waals surface area contributed by atoms with E-state index in [0.717, 1.165) is 34.4 Å². The van der Waals surface area contributed by atoms with Crippen molar-refractivity contribution in [3.05, 3.63) is 117 Å². The van der Waals surface area contributed by atoms with Gasteiger partial charge in [0.05, 0.1) is 5.56 Å². The molecule has 0 aliphatic carbocycles. The third-order valence-corrected chi connectivity index (χ3v) is 7.66. The SMILES string of the molecule is Cc1cc(C)c(-c2c(OC(=O)ON[C@H](C=O)Cc3ccccc3)cc(CCSc3ccc(C(F)(F)F)cc3)oc2=O)c(C)c1. The van der Waals surface area contributed by atoms with E-state index in [9.17, 15) is 27.6 Å². The number of rotatable bonds is 11. The quantitative estimate of drug-likeness (QED) is 0.0797. The summed E-state index contributed by atoms with van der Waals surface area (Å²) in [6, 6.07) is 18.3. The minimum Gasteiger partial charge on any atom is -0.427 e. The minimum atomic E-state index is -4.42. The van der Waals surface area contributed by atoms with E-state index in [1.165, 1.54) is 30.0 Å². The molecule has 0 aliphatic rings. The molecule has 0 bridgehead atoms. The Labute approximate surface area is 256 Å². The van der Waals surface area contributed by atoms with Crippen LogP contribution in [-0.4, -0.2) is 24.2 Å². The number of aryl methyl sites for hydroxylation is 4. The summed E-state index contributed by atoms with van der Waals surface area (Å²) in [6.45, 7) is 5.57. The number of alkyl halides is 3. The zero-order valence-corrected chi connectivity index (χ0v) is 25.0. The smallest absolute Gasteiger partial charge is 0.427 e. The van der Waals surface area contributed by atoms with E-state index in [1.807, 2.05) is 63.2 Å². The van der Waals surface area contributed by atoms with Gasteiger partial charge < -0.3 is 18.8 Å². The molecule has 0 saturated heterocycles. The lowest BCUT2D eigenvalue weighted by Gasteiger charge is -2.16. The van der Waals surface area contributed by atoms with E-state index in [2.05, 4.69) is 5.48 Å². The number of halogens is 3. The first-order valence-corrected chi connectivity index (χ1v) is 14.6. The van der Waals surface area contributed by atoms with Crippen molar-refractivity contribution < 1.29 is 36.8 Å². The molecule has 4 aromatic rings. The Kier molecular flexibility index (Phi) is 10.7. The van der Waals surface area contributed by atoms with Crippen molar-refractivity contribution in [2.24, 2.45) is 0 Å². The van der Waals surface area contributed by atoms with Crippen LogP contribution in [0.1, 0.15) is 33.6 Å². The number of nitrogens with one attached hydrogen (secondary N) is 1. The van der Waals surface area contributed by atoms with Gasteiger partial charge in [-0.05, 0) is 73.7 Å². The molecule has 7 nitrogen and oxygen atoms in total. The molecule has 0 amide bonds. The van der Waals surface area contributed by atoms with E-state index >= 15 is 0 Å². The molecule has 0 saturated carbocycles. The first-order chi connectivity index (χ1) is 20.9. The van der Waals surface area contributed by atoms with Crippen LogP contribution in [0.2, 0.25) is 0 Å². The lowest BCUT2D eigenvalue weighted by atomic mass is 9.94. The van der Waals surface area contributed by atoms with Crippen LogP contribution in [0.25, 0.3) is 11.1 Å². The average molecular weight is 626 g/mol. The molecule has 3 aromatic carbocycles. The van der Waals surface area contributed by atoms with Gasteiger partial charge >= 0.3 is 18.0 Å². The van der Waals surface area contributed by atoms with E-state index in [1.54, 1.807) is 0 Å². The number of aldehydes is 1. The summed E-state index contributed by atoms with van der Waals surface area (Å²) in [6.07, 6.45) is -4.54. The molecule has 1 heterocycles. The Bertz CT molecular complexity index is 1650. The first kappa shape index (κ1) is 32.6. The molecule has 4 rings (SSSR count). The molecular formula is C33H30F3NO6S. The maximum Gasteiger partial charge on any atom is 0.533 e. The van der Waals surface area contributed by atoms with Crippen molar-refractivity contribution in [3.8, 4) is 16.9 Å². The number of thioether (sulfide) groups is 1. The molecule has 0 radical (unpaired) electrons. The summed E-state index contributed by atoms with van der Waals surface area (Å²) in [5.41, 5.74) is 4.86. The van der Waals surface area contributed by atoms with Gasteiger partial charge in [0.2, 0.25) is 0 Å². The number of hydrogen-bond acceptors (Lipinski definition) is 8. The molecule has 1 aromatic heterocycles. The third-order valence-electron chi connectivity index (χ3n) is 6.64. The van der Waals surface area contributed by atoms with E-state index in [4.69, 9.17) is 14.0 Å². The van der Waals surface area contributed by atoms with Gasteiger partial charge in [-0.15, -0.1) is 17.2 Å². The fourth-order valence-corrected chi connectivity index (χ4v) is 5.62. The fourth-order valence-electron chi connectivity index (χ4n) is 4.75. The summed E-state index contributed by atoms with van der Waals surface area (Å²) >= 11 is 1.28. The van der Waals surface area contributed by atoms with Crippen molar-refractivity contribution in [2.45, 2.75) is 50.7 Å². The van der Waals surface area contributed by atoms with E-state index in [-0.39, 0.29) is 29.9 Å². The molecule has 44 heavy (non-hydrogen) atoms. The molecule has 230 valence electrons. The van der Waals surface area contributed by atoms with E-state index < -0.39 is 29.6 Å². The van der Waals surface area contributed by atoms with Gasteiger partial charge in [-0.1, -0.05) is 48.0 Å². The van der Waals surface area contributed by atoms with Crippen LogP contribution >= 0.6 is 11.8 Å². The average Bonchev–Trinajstić information content (AvgIpc) is 2.96. The topological polar surface area (TPSA) is 94.8 Å². The summed E-state index contributed by atoms with van der Waals surface area (Å²) in [7, 11) is 0. The number of hydroxylamine groups is 1. The highest BCUT2D eigenvalue weighted by atomic mass is 32.2. The highest BCUT2D eigenvalue weighted by molar-refractivity contribution is 7.99. The predicted molar refractivity (Wildman–Crippen MR) is 161 cm³/mol. The van der Waals surface area contributed by atoms with Crippen molar-refractivity contribution in [2.75, 3.05) is 5.75 Å². The van der Waals surface area contributed by atoms with Gasteiger partial charge in [-0.2, -0.15) is 13.2 Å². The van der Waals surface area contributed by atoms with Crippen LogP contribution in [0, 0.1) is 20.8 Å². The molecular weight excluding hydrogens is 595 g/mol. The van der Waals surface area contributed by atoms with Crippen molar-refractivity contribution >= 4 is 24.2 Å². The highest BCUT2D eigenvalue weighted by Crippen LogP contribution is 2.35. The first-order valence-electron chi connectivity index (χ1n) is 13.6. The Morgan fingerprint density at radius 2 is 1.64 bits per heavy atom. The van der Waals surface area contributed by atoms with Gasteiger partial charge in [-0.25, -0.2) is 9.59 Å². The minimum absolute atomic E-state index is 0.0346. The van der Waals surface area contributed by atoms with Crippen molar-refractivity contribution in [1.29, 1.82) is 0 Å². The zero-order chi connectivity index (χ0) is 31.9. The van der Waals surface area contributed by atoms with Crippen LogP contribution in [-0.2, 0) is 28.7 Å². The summed E-state index contributed by atoms with van der Waals surface area (Å²) in [4.78, 5) is 43.3. The van der Waals surface area contributed by atoms with Crippen LogP contribution in [0.15, 0.2) is 86.9 Å². The molecule has 0 spiro atoms. The van der Waals surface area contributed by atoms with Crippen molar-refractivity contribution in [1.82, 2.24) is 5.48 Å². The Balaban J connectivity index is 1.54. The summed E-state index contributed by atoms with van der Waals surface area (Å²) in [5, 5.41) is 0. The highest BCUT2D eigenvalue weighted by Gasteiger charge is 2.30. The standard InChI is InChI=1S/C33H30F3NO6S/c1-20-15-21(2)29(22(3)16-20)30-28(42-32(40)43-37-25(19-38)17-23-7-5-4-6-8-23)18-26(41-31(30)39)13-14-44-27-11-9-24(10-12-27)33(34,35)36/h4-12,15-16,18-19,25,37H,13-14,17H2,1-3H3/t25-/m0/s1. The largest absolute Gasteiger partial charge is 0.533 e. The predicted octanol–water partition coefficient (Wildman–Crippen LogP) is 7.42. The summed E-state index contributed by atoms with van der Waals surface area (Å²) < 4.78 is 49.7. The zero-order valence-electron chi connectivity index (χ0n) is 24.2. The molecule has 1 N–H and O–H groups in total. The Morgan fingerprint density at radius 3 is 2.25 bits per heavy atom. The van der Waals surface area contributed by atoms with Crippen LogP contribution < -0.4 is 15.8 Å². The number of benzene rings is 3. The van der Waals surface area contributed by atoms with Gasteiger partial charge in [0, 0.05) is 23.1 Å². The summed E-state index contributed by atoms with van der Waals surface area (Å²) in [5.74, 6) is 0.469.